The smallest absolute Gasteiger partial charge is 0.238 e. The number of piperidine rings is 1. The van der Waals surface area contributed by atoms with Crippen molar-refractivity contribution in [2.75, 3.05) is 25.0 Å². The molecule has 2 atom stereocenters. The highest BCUT2D eigenvalue weighted by Crippen LogP contribution is 2.27. The summed E-state index contributed by atoms with van der Waals surface area (Å²) < 4.78 is 19.3. The van der Waals surface area contributed by atoms with Crippen molar-refractivity contribution in [2.45, 2.75) is 38.9 Å². The number of carbonyl (C=O) groups excluding carboxylic acids is 1. The molecule has 1 aliphatic rings. The van der Waals surface area contributed by atoms with Gasteiger partial charge in [0.05, 0.1) is 6.54 Å². The highest BCUT2D eigenvalue weighted by molar-refractivity contribution is 5.93. The average molecular weight is 386 g/mol. The number of benzene rings is 2. The second-order valence-electron chi connectivity index (χ2n) is 7.77. The fraction of sp³-hybridized carbons (Fsp3) is 0.409. The van der Waals surface area contributed by atoms with Crippen LogP contribution in [0.1, 0.15) is 24.5 Å². The lowest BCUT2D eigenvalue weighted by molar-refractivity contribution is -0.122. The molecule has 3 rings (SSSR count). The van der Waals surface area contributed by atoms with E-state index in [0.717, 1.165) is 16.8 Å². The summed E-state index contributed by atoms with van der Waals surface area (Å²) in [5.41, 5.74) is 1.85. The number of anilines is 1. The van der Waals surface area contributed by atoms with E-state index in [0.29, 0.717) is 25.3 Å². The largest absolute Gasteiger partial charge is 0.486 e. The molecule has 0 saturated carbocycles. The lowest BCUT2D eigenvalue weighted by atomic mass is 9.90. The highest BCUT2D eigenvalue weighted by Gasteiger charge is 2.39. The first-order valence-corrected chi connectivity index (χ1v) is 9.47. The van der Waals surface area contributed by atoms with Crippen LogP contribution in [0.15, 0.2) is 42.5 Å². The molecule has 6 heteroatoms. The van der Waals surface area contributed by atoms with Crippen molar-refractivity contribution < 1.29 is 19.0 Å². The fourth-order valence-electron chi connectivity index (χ4n) is 3.34. The third kappa shape index (κ3) is 5.09. The number of likely N-dealkylation sites (tertiary alicyclic amines) is 1. The average Bonchev–Trinajstić information content (AvgIpc) is 2.61. The van der Waals surface area contributed by atoms with Gasteiger partial charge in [-0.2, -0.15) is 0 Å². The van der Waals surface area contributed by atoms with E-state index in [-0.39, 0.29) is 12.5 Å². The molecular formula is C22H27FN2O3. The van der Waals surface area contributed by atoms with Crippen LogP contribution in [0.3, 0.4) is 0 Å². The summed E-state index contributed by atoms with van der Waals surface area (Å²) in [6.45, 7) is 6.81. The summed E-state index contributed by atoms with van der Waals surface area (Å²) in [4.78, 5) is 14.5. The summed E-state index contributed by atoms with van der Waals surface area (Å²) in [7, 11) is 0. The van der Waals surface area contributed by atoms with Gasteiger partial charge in [-0.1, -0.05) is 18.2 Å². The number of nitrogens with zero attached hydrogens (tertiary/aromatic N) is 1. The maximum atomic E-state index is 13.4. The number of amides is 1. The zero-order valence-corrected chi connectivity index (χ0v) is 16.5. The molecule has 1 heterocycles. The maximum absolute atomic E-state index is 13.4. The van der Waals surface area contributed by atoms with Gasteiger partial charge in [0.1, 0.15) is 23.3 Å². The van der Waals surface area contributed by atoms with E-state index < -0.39 is 17.5 Å². The standard InChI is InChI=1S/C22H27FN2O3/c1-15-7-8-16(2)19(11-15)24-21(26)14-25-10-9-22(3,27)20(13-25)28-18-6-4-5-17(23)12-18/h4-8,11-12,20,27H,9-10,13-14H2,1-3H3,(H,24,26)/t20-,22-/m0/s1. The van der Waals surface area contributed by atoms with Crippen LogP contribution in [0.5, 0.6) is 5.75 Å². The van der Waals surface area contributed by atoms with Gasteiger partial charge in [-0.05, 0) is 56.5 Å². The van der Waals surface area contributed by atoms with Crippen molar-refractivity contribution in [3.05, 3.63) is 59.4 Å². The molecule has 150 valence electrons. The van der Waals surface area contributed by atoms with E-state index in [1.54, 1.807) is 19.1 Å². The first-order valence-electron chi connectivity index (χ1n) is 9.47. The van der Waals surface area contributed by atoms with Gasteiger partial charge < -0.3 is 15.2 Å². The van der Waals surface area contributed by atoms with E-state index in [1.807, 2.05) is 36.9 Å². The Kier molecular flexibility index (Phi) is 6.01. The molecule has 0 spiro atoms. The first kappa shape index (κ1) is 20.3. The molecule has 0 radical (unpaired) electrons. The predicted octanol–water partition coefficient (Wildman–Crippen LogP) is 3.29. The Balaban J connectivity index is 1.63. The molecule has 1 fully saturated rings. The molecular weight excluding hydrogens is 359 g/mol. The summed E-state index contributed by atoms with van der Waals surface area (Å²) in [6.07, 6.45) is -0.0967. The molecule has 5 nitrogen and oxygen atoms in total. The number of carbonyl (C=O) groups is 1. The van der Waals surface area contributed by atoms with Crippen molar-refractivity contribution in [3.63, 3.8) is 0 Å². The number of hydrogen-bond acceptors (Lipinski definition) is 4. The van der Waals surface area contributed by atoms with Crippen molar-refractivity contribution in [2.24, 2.45) is 0 Å². The summed E-state index contributed by atoms with van der Waals surface area (Å²) in [6, 6.07) is 11.8. The number of aliphatic hydroxyl groups is 1. The van der Waals surface area contributed by atoms with Crippen molar-refractivity contribution in [1.82, 2.24) is 4.90 Å². The minimum atomic E-state index is -1.05. The number of rotatable bonds is 5. The molecule has 0 aliphatic carbocycles. The molecule has 0 aromatic heterocycles. The minimum Gasteiger partial charge on any atom is -0.486 e. The van der Waals surface area contributed by atoms with Crippen LogP contribution in [0, 0.1) is 19.7 Å². The number of hydrogen-bond donors (Lipinski definition) is 2. The molecule has 1 aliphatic heterocycles. The van der Waals surface area contributed by atoms with Gasteiger partial charge in [0.2, 0.25) is 5.91 Å². The Morgan fingerprint density at radius 1 is 1.32 bits per heavy atom. The van der Waals surface area contributed by atoms with Gasteiger partial charge >= 0.3 is 0 Å². The Labute approximate surface area is 165 Å². The lowest BCUT2D eigenvalue weighted by Gasteiger charge is -2.42. The van der Waals surface area contributed by atoms with Crippen LogP contribution in [-0.4, -0.2) is 47.3 Å². The third-order valence-corrected chi connectivity index (χ3v) is 5.16. The molecule has 0 bridgehead atoms. The SMILES string of the molecule is Cc1ccc(C)c(NC(=O)CN2CC[C@](C)(O)[C@@H](Oc3cccc(F)c3)C2)c1. The van der Waals surface area contributed by atoms with Crippen LogP contribution < -0.4 is 10.1 Å². The monoisotopic (exact) mass is 386 g/mol. The summed E-state index contributed by atoms with van der Waals surface area (Å²) in [5.74, 6) is -0.135. The number of ether oxygens (including phenoxy) is 1. The Morgan fingerprint density at radius 3 is 2.86 bits per heavy atom. The fourth-order valence-corrected chi connectivity index (χ4v) is 3.34. The normalized spacial score (nSPS) is 22.7. The van der Waals surface area contributed by atoms with E-state index in [2.05, 4.69) is 5.32 Å². The van der Waals surface area contributed by atoms with Gasteiger partial charge in [-0.15, -0.1) is 0 Å². The van der Waals surface area contributed by atoms with Crippen LogP contribution in [0.2, 0.25) is 0 Å². The van der Waals surface area contributed by atoms with Crippen molar-refractivity contribution >= 4 is 11.6 Å². The number of nitrogens with one attached hydrogen (secondary N) is 1. The van der Waals surface area contributed by atoms with Gasteiger partial charge in [-0.25, -0.2) is 4.39 Å². The van der Waals surface area contributed by atoms with Crippen molar-refractivity contribution in [1.29, 1.82) is 0 Å². The van der Waals surface area contributed by atoms with Crippen LogP contribution in [0.25, 0.3) is 0 Å². The van der Waals surface area contributed by atoms with Crippen molar-refractivity contribution in [3.8, 4) is 5.75 Å². The van der Waals surface area contributed by atoms with Crippen LogP contribution >= 0.6 is 0 Å². The quantitative estimate of drug-likeness (QED) is 0.828. The third-order valence-electron chi connectivity index (χ3n) is 5.16. The summed E-state index contributed by atoms with van der Waals surface area (Å²) in [5, 5.41) is 13.6. The topological polar surface area (TPSA) is 61.8 Å². The Bertz CT molecular complexity index is 853. The molecule has 2 aromatic carbocycles. The van der Waals surface area contributed by atoms with Gasteiger partial charge in [0, 0.05) is 24.8 Å². The molecule has 0 unspecified atom stereocenters. The van der Waals surface area contributed by atoms with Crippen LogP contribution in [-0.2, 0) is 4.79 Å². The van der Waals surface area contributed by atoms with Gasteiger partial charge in [-0.3, -0.25) is 9.69 Å². The van der Waals surface area contributed by atoms with Gasteiger partial charge in [0.25, 0.3) is 0 Å². The second-order valence-corrected chi connectivity index (χ2v) is 7.77. The summed E-state index contributed by atoms with van der Waals surface area (Å²) >= 11 is 0. The molecule has 1 saturated heterocycles. The van der Waals surface area contributed by atoms with Crippen LogP contribution in [0.4, 0.5) is 10.1 Å². The second kappa shape index (κ2) is 8.29. The molecule has 2 N–H and O–H groups in total. The molecule has 2 aromatic rings. The zero-order valence-electron chi connectivity index (χ0n) is 16.5. The maximum Gasteiger partial charge on any atom is 0.238 e. The highest BCUT2D eigenvalue weighted by atomic mass is 19.1. The molecule has 1 amide bonds. The predicted molar refractivity (Wildman–Crippen MR) is 107 cm³/mol. The first-order chi connectivity index (χ1) is 13.2. The number of aryl methyl sites for hydroxylation is 2. The minimum absolute atomic E-state index is 0.111. The van der Waals surface area contributed by atoms with E-state index in [9.17, 15) is 14.3 Å². The van der Waals surface area contributed by atoms with E-state index in [1.165, 1.54) is 12.1 Å². The van der Waals surface area contributed by atoms with E-state index >= 15 is 0 Å². The Hall–Kier alpha value is -2.44. The zero-order chi connectivity index (χ0) is 20.3. The van der Waals surface area contributed by atoms with Gasteiger partial charge in [0.15, 0.2) is 0 Å². The number of halogens is 1. The molecule has 28 heavy (non-hydrogen) atoms. The Morgan fingerprint density at radius 2 is 2.11 bits per heavy atom. The lowest BCUT2D eigenvalue weighted by Crippen LogP contribution is -2.57. The van der Waals surface area contributed by atoms with E-state index in [4.69, 9.17) is 4.74 Å².